The fourth-order valence-corrected chi connectivity index (χ4v) is 3.84. The number of hydrogen-bond acceptors (Lipinski definition) is 3. The summed E-state index contributed by atoms with van der Waals surface area (Å²) in [6, 6.07) is 1.13. The molecule has 2 rings (SSSR count). The van der Waals surface area contributed by atoms with Crippen molar-refractivity contribution in [3.63, 3.8) is 0 Å². The van der Waals surface area contributed by atoms with Crippen LogP contribution in [0.25, 0.3) is 0 Å². The molecule has 17 heavy (non-hydrogen) atoms. The highest BCUT2D eigenvalue weighted by molar-refractivity contribution is 7.87. The van der Waals surface area contributed by atoms with Gasteiger partial charge >= 0.3 is 0 Å². The van der Waals surface area contributed by atoms with Crippen LogP contribution >= 0.6 is 12.4 Å². The molecule has 0 aromatic heterocycles. The first-order valence-electron chi connectivity index (χ1n) is 6.12. The molecule has 2 fully saturated rings. The molecule has 0 saturated carbocycles. The summed E-state index contributed by atoms with van der Waals surface area (Å²) in [7, 11) is -3.29. The van der Waals surface area contributed by atoms with Crippen molar-refractivity contribution in [3.8, 4) is 0 Å². The second kappa shape index (κ2) is 6.33. The van der Waals surface area contributed by atoms with E-state index in [9.17, 15) is 8.42 Å². The molecule has 7 heteroatoms. The summed E-state index contributed by atoms with van der Waals surface area (Å²) >= 11 is 0. The summed E-state index contributed by atoms with van der Waals surface area (Å²) in [5, 5.41) is 3.49. The molecule has 2 atom stereocenters. The van der Waals surface area contributed by atoms with Crippen molar-refractivity contribution in [2.45, 2.75) is 57.2 Å². The quantitative estimate of drug-likeness (QED) is 0.689. The summed E-state index contributed by atoms with van der Waals surface area (Å²) in [6.07, 6.45) is 5.03. The highest BCUT2D eigenvalue weighted by atomic mass is 35.5. The number of hydrogen-bond donors (Lipinski definition) is 3. The largest absolute Gasteiger partial charge is 0.311 e. The molecule has 0 radical (unpaired) electrons. The van der Waals surface area contributed by atoms with Gasteiger partial charge in [0.25, 0.3) is 10.2 Å². The Balaban J connectivity index is 0.00000144. The predicted molar refractivity (Wildman–Crippen MR) is 70.6 cm³/mol. The fraction of sp³-hybridized carbons (Fsp3) is 1.00. The molecule has 2 aliphatic heterocycles. The van der Waals surface area contributed by atoms with Gasteiger partial charge in [0.1, 0.15) is 0 Å². The SMILES string of the molecule is CCCNS(=O)(=O)NC1CC2CCC(C1)N2.Cl. The molecule has 102 valence electrons. The van der Waals surface area contributed by atoms with Gasteiger partial charge in [-0.2, -0.15) is 13.1 Å². The fourth-order valence-electron chi connectivity index (χ4n) is 2.65. The highest BCUT2D eigenvalue weighted by Crippen LogP contribution is 2.26. The molecule has 5 nitrogen and oxygen atoms in total. The van der Waals surface area contributed by atoms with Crippen molar-refractivity contribution >= 4 is 22.6 Å². The second-order valence-corrected chi connectivity index (χ2v) is 6.35. The lowest BCUT2D eigenvalue weighted by atomic mass is 10.0. The number of nitrogens with one attached hydrogen (secondary N) is 3. The Morgan fingerprint density at radius 1 is 1.24 bits per heavy atom. The summed E-state index contributed by atoms with van der Waals surface area (Å²) in [5.74, 6) is 0. The minimum absolute atomic E-state index is 0. The predicted octanol–water partition coefficient (Wildman–Crippen LogP) is 0.525. The van der Waals surface area contributed by atoms with E-state index in [1.807, 2.05) is 6.92 Å². The molecule has 2 heterocycles. The standard InChI is InChI=1S/C10H21N3O2S.ClH/c1-2-5-11-16(14,15)13-10-6-8-3-4-9(7-10)12-8;/h8-13H,2-7H2,1H3;1H. The number of fused-ring (bicyclic) bond motifs is 2. The number of rotatable bonds is 5. The molecule has 0 aromatic carbocycles. The van der Waals surface area contributed by atoms with E-state index in [2.05, 4.69) is 14.8 Å². The molecular weight excluding hydrogens is 262 g/mol. The zero-order valence-corrected chi connectivity index (χ0v) is 11.7. The average Bonchev–Trinajstić information content (AvgIpc) is 2.55. The molecule has 0 aromatic rings. The van der Waals surface area contributed by atoms with Gasteiger partial charge in [0, 0.05) is 24.7 Å². The van der Waals surface area contributed by atoms with Crippen molar-refractivity contribution in [3.05, 3.63) is 0 Å². The first-order valence-corrected chi connectivity index (χ1v) is 7.60. The number of piperidine rings is 1. The monoisotopic (exact) mass is 283 g/mol. The van der Waals surface area contributed by atoms with Crippen LogP contribution < -0.4 is 14.8 Å². The summed E-state index contributed by atoms with van der Waals surface area (Å²) in [4.78, 5) is 0. The van der Waals surface area contributed by atoms with Crippen molar-refractivity contribution in [1.82, 2.24) is 14.8 Å². The van der Waals surface area contributed by atoms with Gasteiger partial charge in [0.2, 0.25) is 0 Å². The summed E-state index contributed by atoms with van der Waals surface area (Å²) in [6.45, 7) is 2.46. The van der Waals surface area contributed by atoms with Gasteiger partial charge < -0.3 is 5.32 Å². The Morgan fingerprint density at radius 2 is 1.82 bits per heavy atom. The molecule has 0 amide bonds. The van der Waals surface area contributed by atoms with Crippen LogP contribution in [0, 0.1) is 0 Å². The van der Waals surface area contributed by atoms with Gasteiger partial charge in [-0.1, -0.05) is 6.92 Å². The maximum absolute atomic E-state index is 11.6. The Kier molecular flexibility index (Phi) is 5.66. The summed E-state index contributed by atoms with van der Waals surface area (Å²) in [5.41, 5.74) is 0. The van der Waals surface area contributed by atoms with Crippen LogP contribution in [0.1, 0.15) is 39.0 Å². The molecular formula is C10H22ClN3O2S. The second-order valence-electron chi connectivity index (χ2n) is 4.82. The van der Waals surface area contributed by atoms with Crippen LogP contribution in [0.2, 0.25) is 0 Å². The number of halogens is 1. The van der Waals surface area contributed by atoms with Gasteiger partial charge in [-0.3, -0.25) is 0 Å². The van der Waals surface area contributed by atoms with Crippen LogP contribution in [0.3, 0.4) is 0 Å². The third kappa shape index (κ3) is 4.37. The van der Waals surface area contributed by atoms with E-state index < -0.39 is 10.2 Å². The minimum Gasteiger partial charge on any atom is -0.311 e. The zero-order valence-electron chi connectivity index (χ0n) is 10.1. The lowest BCUT2D eigenvalue weighted by Crippen LogP contribution is -2.50. The van der Waals surface area contributed by atoms with Crippen LogP contribution in [0.4, 0.5) is 0 Å². The maximum atomic E-state index is 11.6. The van der Waals surface area contributed by atoms with Gasteiger partial charge in [0.05, 0.1) is 0 Å². The molecule has 2 saturated heterocycles. The smallest absolute Gasteiger partial charge is 0.277 e. The normalized spacial score (nSPS) is 32.2. The Hall–Kier alpha value is 0.120. The van der Waals surface area contributed by atoms with Gasteiger partial charge in [-0.25, -0.2) is 4.72 Å². The van der Waals surface area contributed by atoms with Gasteiger partial charge in [0.15, 0.2) is 0 Å². The summed E-state index contributed by atoms with van der Waals surface area (Å²) < 4.78 is 28.6. The first kappa shape index (κ1) is 15.2. The van der Waals surface area contributed by atoms with E-state index in [1.165, 1.54) is 12.8 Å². The Labute approximate surface area is 110 Å². The topological polar surface area (TPSA) is 70.2 Å². The van der Waals surface area contributed by atoms with Crippen LogP contribution in [0.15, 0.2) is 0 Å². The van der Waals surface area contributed by atoms with E-state index in [0.717, 1.165) is 19.3 Å². The first-order chi connectivity index (χ1) is 7.59. The maximum Gasteiger partial charge on any atom is 0.277 e. The highest BCUT2D eigenvalue weighted by Gasteiger charge is 2.34. The van der Waals surface area contributed by atoms with E-state index >= 15 is 0 Å². The molecule has 0 spiro atoms. The Bertz CT molecular complexity index is 324. The lowest BCUT2D eigenvalue weighted by molar-refractivity contribution is 0.344. The zero-order chi connectivity index (χ0) is 11.6. The van der Waals surface area contributed by atoms with E-state index in [0.29, 0.717) is 18.6 Å². The molecule has 0 aliphatic carbocycles. The lowest BCUT2D eigenvalue weighted by Gasteiger charge is -2.29. The van der Waals surface area contributed by atoms with Crippen LogP contribution in [-0.2, 0) is 10.2 Å². The third-order valence-electron chi connectivity index (χ3n) is 3.34. The van der Waals surface area contributed by atoms with Crippen LogP contribution in [-0.4, -0.2) is 33.1 Å². The molecule has 2 aliphatic rings. The van der Waals surface area contributed by atoms with E-state index in [-0.39, 0.29) is 18.4 Å². The third-order valence-corrected chi connectivity index (χ3v) is 4.56. The molecule has 2 bridgehead atoms. The van der Waals surface area contributed by atoms with Crippen molar-refractivity contribution in [2.75, 3.05) is 6.54 Å². The molecule has 2 unspecified atom stereocenters. The van der Waals surface area contributed by atoms with Gasteiger partial charge in [-0.05, 0) is 32.1 Å². The van der Waals surface area contributed by atoms with Crippen LogP contribution in [0.5, 0.6) is 0 Å². The van der Waals surface area contributed by atoms with Gasteiger partial charge in [-0.15, -0.1) is 12.4 Å². The molecule has 3 N–H and O–H groups in total. The van der Waals surface area contributed by atoms with E-state index in [4.69, 9.17) is 0 Å². The Morgan fingerprint density at radius 3 is 2.35 bits per heavy atom. The average molecular weight is 284 g/mol. The van der Waals surface area contributed by atoms with E-state index in [1.54, 1.807) is 0 Å². The minimum atomic E-state index is -3.29. The van der Waals surface area contributed by atoms with Crippen molar-refractivity contribution < 1.29 is 8.42 Å². The van der Waals surface area contributed by atoms with Crippen molar-refractivity contribution in [2.24, 2.45) is 0 Å². The van der Waals surface area contributed by atoms with Crippen molar-refractivity contribution in [1.29, 1.82) is 0 Å².